The summed E-state index contributed by atoms with van der Waals surface area (Å²) in [4.78, 5) is 18.4. The van der Waals surface area contributed by atoms with Crippen LogP contribution < -0.4 is 4.74 Å². The van der Waals surface area contributed by atoms with E-state index in [9.17, 15) is 4.79 Å². The lowest BCUT2D eigenvalue weighted by atomic mass is 10.1. The van der Waals surface area contributed by atoms with Gasteiger partial charge in [-0.1, -0.05) is 30.3 Å². The quantitative estimate of drug-likeness (QED) is 0.559. The molecule has 1 amide bonds. The summed E-state index contributed by atoms with van der Waals surface area (Å²) >= 11 is 0. The largest absolute Gasteiger partial charge is 0.487 e. The zero-order chi connectivity index (χ0) is 22.6. The van der Waals surface area contributed by atoms with Gasteiger partial charge in [0.1, 0.15) is 18.0 Å². The second kappa shape index (κ2) is 9.42. The van der Waals surface area contributed by atoms with Crippen LogP contribution in [0.15, 0.2) is 61.2 Å². The topological polar surface area (TPSA) is 69.5 Å². The van der Waals surface area contributed by atoms with Gasteiger partial charge in [-0.3, -0.25) is 9.67 Å². The zero-order valence-electron chi connectivity index (χ0n) is 18.9. The van der Waals surface area contributed by atoms with Gasteiger partial charge in [-0.2, -0.15) is 5.10 Å². The predicted molar refractivity (Wildman–Crippen MR) is 122 cm³/mol. The fraction of sp³-hybridized carbons (Fsp3) is 0.400. The van der Waals surface area contributed by atoms with Gasteiger partial charge in [-0.15, -0.1) is 0 Å². The minimum Gasteiger partial charge on any atom is -0.487 e. The third-order valence-corrected chi connectivity index (χ3v) is 5.39. The van der Waals surface area contributed by atoms with Crippen molar-refractivity contribution in [1.82, 2.24) is 19.7 Å². The van der Waals surface area contributed by atoms with E-state index in [4.69, 9.17) is 9.47 Å². The Labute approximate surface area is 189 Å². The minimum atomic E-state index is -0.474. The van der Waals surface area contributed by atoms with Crippen molar-refractivity contribution in [2.45, 2.75) is 51.9 Å². The lowest BCUT2D eigenvalue weighted by Crippen LogP contribution is -2.42. The summed E-state index contributed by atoms with van der Waals surface area (Å²) in [6, 6.07) is 12.3. The maximum absolute atomic E-state index is 12.3. The first kappa shape index (κ1) is 21.9. The number of ether oxygens (including phenoxy) is 2. The summed E-state index contributed by atoms with van der Waals surface area (Å²) in [5, 5.41) is 4.58. The smallest absolute Gasteiger partial charge is 0.410 e. The second-order valence-electron chi connectivity index (χ2n) is 9.09. The van der Waals surface area contributed by atoms with Gasteiger partial charge < -0.3 is 14.4 Å². The summed E-state index contributed by atoms with van der Waals surface area (Å²) in [5.74, 6) is 0.727. The van der Waals surface area contributed by atoms with E-state index in [-0.39, 0.29) is 12.1 Å². The fourth-order valence-corrected chi connectivity index (χ4v) is 3.72. The maximum Gasteiger partial charge on any atom is 0.410 e. The van der Waals surface area contributed by atoms with Crippen LogP contribution in [0.1, 0.15) is 45.2 Å². The van der Waals surface area contributed by atoms with Crippen molar-refractivity contribution in [3.63, 3.8) is 0 Å². The van der Waals surface area contributed by atoms with Crippen LogP contribution in [0.25, 0.3) is 11.1 Å². The Morgan fingerprint density at radius 3 is 2.53 bits per heavy atom. The average molecular weight is 435 g/mol. The molecule has 0 bridgehead atoms. The number of aromatic nitrogens is 3. The average Bonchev–Trinajstić information content (AvgIpc) is 3.28. The molecule has 0 spiro atoms. The first-order valence-electron chi connectivity index (χ1n) is 11.0. The standard InChI is InChI=1S/C25H30N4O3/c1-25(2,3)32-24(30)28-11-9-22(10-12-28)29-17-21(15-27-29)20-13-23(16-26-14-20)31-18-19-7-5-4-6-8-19/h4-8,13-17,22H,9-12,18H2,1-3H3. The molecule has 0 unspecified atom stereocenters. The number of hydrogen-bond donors (Lipinski definition) is 0. The van der Waals surface area contributed by atoms with Crippen molar-refractivity contribution in [2.75, 3.05) is 13.1 Å². The van der Waals surface area contributed by atoms with Crippen LogP contribution >= 0.6 is 0 Å². The molecule has 0 atom stereocenters. The number of benzene rings is 1. The van der Waals surface area contributed by atoms with Crippen molar-refractivity contribution in [1.29, 1.82) is 0 Å². The van der Waals surface area contributed by atoms with Crippen LogP contribution in [0.4, 0.5) is 4.79 Å². The van der Waals surface area contributed by atoms with Crippen LogP contribution in [0, 0.1) is 0 Å². The molecule has 7 nitrogen and oxygen atoms in total. The molecule has 0 N–H and O–H groups in total. The van der Waals surface area contributed by atoms with Gasteiger partial charge in [-0.25, -0.2) is 4.79 Å². The molecule has 32 heavy (non-hydrogen) atoms. The van der Waals surface area contributed by atoms with Crippen molar-refractivity contribution in [2.24, 2.45) is 0 Å². The number of rotatable bonds is 5. The molecule has 3 aromatic rings. The van der Waals surface area contributed by atoms with Crippen LogP contribution in [0.3, 0.4) is 0 Å². The van der Waals surface area contributed by atoms with E-state index in [1.807, 2.05) is 80.4 Å². The van der Waals surface area contributed by atoms with Crippen molar-refractivity contribution in [3.8, 4) is 16.9 Å². The molecule has 4 rings (SSSR count). The molecule has 1 saturated heterocycles. The Morgan fingerprint density at radius 1 is 1.06 bits per heavy atom. The number of hydrogen-bond acceptors (Lipinski definition) is 5. The van der Waals surface area contributed by atoms with Gasteiger partial charge in [-0.05, 0) is 45.2 Å². The number of carbonyl (C=O) groups is 1. The number of likely N-dealkylation sites (tertiary alicyclic amines) is 1. The van der Waals surface area contributed by atoms with Crippen molar-refractivity contribution < 1.29 is 14.3 Å². The molecule has 1 aliphatic heterocycles. The summed E-state index contributed by atoms with van der Waals surface area (Å²) in [5.41, 5.74) is 2.60. The molecule has 1 aromatic carbocycles. The van der Waals surface area contributed by atoms with E-state index in [2.05, 4.69) is 10.1 Å². The zero-order valence-corrected chi connectivity index (χ0v) is 18.9. The molecule has 0 radical (unpaired) electrons. The number of piperidine rings is 1. The van der Waals surface area contributed by atoms with Crippen LogP contribution in [0.5, 0.6) is 5.75 Å². The third kappa shape index (κ3) is 5.66. The van der Waals surface area contributed by atoms with Gasteiger partial charge in [0.2, 0.25) is 0 Å². The van der Waals surface area contributed by atoms with Crippen LogP contribution in [-0.2, 0) is 11.3 Å². The lowest BCUT2D eigenvalue weighted by Gasteiger charge is -2.33. The molecule has 0 saturated carbocycles. The Balaban J connectivity index is 1.35. The molecular formula is C25H30N4O3. The van der Waals surface area contributed by atoms with Crippen molar-refractivity contribution in [3.05, 3.63) is 66.7 Å². The Kier molecular flexibility index (Phi) is 6.44. The molecule has 7 heteroatoms. The van der Waals surface area contributed by atoms with E-state index < -0.39 is 5.60 Å². The van der Waals surface area contributed by atoms with Gasteiger partial charge in [0.25, 0.3) is 0 Å². The first-order chi connectivity index (χ1) is 15.4. The highest BCUT2D eigenvalue weighted by Crippen LogP contribution is 2.27. The van der Waals surface area contributed by atoms with E-state index in [1.165, 1.54) is 0 Å². The summed E-state index contributed by atoms with van der Waals surface area (Å²) in [6.45, 7) is 7.50. The molecule has 168 valence electrons. The highest BCUT2D eigenvalue weighted by Gasteiger charge is 2.27. The van der Waals surface area contributed by atoms with E-state index in [1.54, 1.807) is 11.1 Å². The maximum atomic E-state index is 12.3. The van der Waals surface area contributed by atoms with E-state index >= 15 is 0 Å². The third-order valence-electron chi connectivity index (χ3n) is 5.39. The second-order valence-corrected chi connectivity index (χ2v) is 9.09. The molecule has 2 aromatic heterocycles. The van der Waals surface area contributed by atoms with Crippen LogP contribution in [-0.4, -0.2) is 44.4 Å². The lowest BCUT2D eigenvalue weighted by molar-refractivity contribution is 0.0185. The SMILES string of the molecule is CC(C)(C)OC(=O)N1CCC(n2cc(-c3cncc(OCc4ccccc4)c3)cn2)CC1. The van der Waals surface area contributed by atoms with Crippen molar-refractivity contribution >= 4 is 6.09 Å². The van der Waals surface area contributed by atoms with Gasteiger partial charge >= 0.3 is 6.09 Å². The number of carbonyl (C=O) groups excluding carboxylic acids is 1. The highest BCUT2D eigenvalue weighted by molar-refractivity contribution is 5.68. The summed E-state index contributed by atoms with van der Waals surface area (Å²) < 4.78 is 13.4. The van der Waals surface area contributed by atoms with Gasteiger partial charge in [0.15, 0.2) is 0 Å². The fourth-order valence-electron chi connectivity index (χ4n) is 3.72. The van der Waals surface area contributed by atoms with E-state index in [0.29, 0.717) is 19.7 Å². The highest BCUT2D eigenvalue weighted by atomic mass is 16.6. The number of amides is 1. The number of pyridine rings is 1. The monoisotopic (exact) mass is 434 g/mol. The van der Waals surface area contributed by atoms with E-state index in [0.717, 1.165) is 35.3 Å². The van der Waals surface area contributed by atoms with Crippen LogP contribution in [0.2, 0.25) is 0 Å². The first-order valence-corrected chi connectivity index (χ1v) is 11.0. The molecule has 1 fully saturated rings. The summed E-state index contributed by atoms with van der Waals surface area (Å²) in [7, 11) is 0. The molecule has 3 heterocycles. The Morgan fingerprint density at radius 2 is 1.81 bits per heavy atom. The van der Waals surface area contributed by atoms with Gasteiger partial charge in [0, 0.05) is 36.6 Å². The Bertz CT molecular complexity index is 1030. The normalized spacial score (nSPS) is 14.9. The Hall–Kier alpha value is -3.35. The number of nitrogens with zero attached hydrogens (tertiary/aromatic N) is 4. The van der Waals surface area contributed by atoms with Gasteiger partial charge in [0.05, 0.1) is 18.4 Å². The minimum absolute atomic E-state index is 0.240. The molecular weight excluding hydrogens is 404 g/mol. The molecule has 0 aliphatic carbocycles. The predicted octanol–water partition coefficient (Wildman–Crippen LogP) is 5.10. The molecule has 1 aliphatic rings. The summed E-state index contributed by atoms with van der Waals surface area (Å²) in [6.07, 6.45) is 8.91.